The Kier molecular flexibility index (Phi) is 7.15. The topological polar surface area (TPSA) is 87.1 Å². The Bertz CT molecular complexity index is 1310. The molecule has 1 heterocycles. The Morgan fingerprint density at radius 1 is 1.00 bits per heavy atom. The van der Waals surface area contributed by atoms with Crippen LogP contribution in [0.3, 0.4) is 0 Å². The van der Waals surface area contributed by atoms with Crippen molar-refractivity contribution in [2.24, 2.45) is 0 Å². The van der Waals surface area contributed by atoms with Crippen molar-refractivity contribution in [2.75, 3.05) is 11.5 Å². The van der Waals surface area contributed by atoms with Gasteiger partial charge in [0, 0.05) is 11.3 Å². The van der Waals surface area contributed by atoms with E-state index in [0.717, 1.165) is 17.5 Å². The van der Waals surface area contributed by atoms with Crippen LogP contribution in [0.5, 0.6) is 11.5 Å². The van der Waals surface area contributed by atoms with Gasteiger partial charge in [-0.3, -0.25) is 14.5 Å². The summed E-state index contributed by atoms with van der Waals surface area (Å²) in [5.41, 5.74) is 3.50. The van der Waals surface area contributed by atoms with Gasteiger partial charge in [0.25, 0.3) is 11.7 Å². The highest BCUT2D eigenvalue weighted by molar-refractivity contribution is 6.51. The predicted octanol–water partition coefficient (Wildman–Crippen LogP) is 6.24. The number of aliphatic hydroxyl groups excluding tert-OH is 1. The molecule has 1 aliphatic rings. The lowest BCUT2D eigenvalue weighted by Gasteiger charge is -2.26. The lowest BCUT2D eigenvalue weighted by molar-refractivity contribution is -0.132. The molecule has 186 valence electrons. The van der Waals surface area contributed by atoms with Crippen LogP contribution >= 0.6 is 0 Å². The molecule has 0 saturated carbocycles. The maximum Gasteiger partial charge on any atom is 0.300 e. The minimum atomic E-state index is -0.855. The van der Waals surface area contributed by atoms with Gasteiger partial charge >= 0.3 is 0 Å². The summed E-state index contributed by atoms with van der Waals surface area (Å²) in [6.07, 6.45) is 0.870. The summed E-state index contributed by atoms with van der Waals surface area (Å²) in [6.45, 7) is 8.63. The first-order valence-electron chi connectivity index (χ1n) is 12.2. The number of nitrogens with zero attached hydrogens (tertiary/aromatic N) is 1. The van der Waals surface area contributed by atoms with Crippen LogP contribution in [0.4, 0.5) is 5.69 Å². The van der Waals surface area contributed by atoms with Gasteiger partial charge in [-0.2, -0.15) is 0 Å². The van der Waals surface area contributed by atoms with E-state index in [2.05, 4.69) is 13.8 Å². The molecule has 1 fully saturated rings. The molecular formula is C30H31NO5. The lowest BCUT2D eigenvalue weighted by Crippen LogP contribution is -2.29. The van der Waals surface area contributed by atoms with Crippen LogP contribution in [0.25, 0.3) is 5.76 Å². The third kappa shape index (κ3) is 4.71. The van der Waals surface area contributed by atoms with Crippen LogP contribution in [0.15, 0.2) is 72.3 Å². The third-order valence-corrected chi connectivity index (χ3v) is 6.40. The van der Waals surface area contributed by atoms with Gasteiger partial charge in [-0.15, -0.1) is 0 Å². The van der Waals surface area contributed by atoms with Crippen molar-refractivity contribution in [3.8, 4) is 11.5 Å². The molecule has 3 aromatic rings. The number of aliphatic hydroxyl groups is 1. The molecule has 0 aliphatic carbocycles. The van der Waals surface area contributed by atoms with E-state index in [1.807, 2.05) is 38.1 Å². The number of amides is 1. The highest BCUT2D eigenvalue weighted by atomic mass is 16.5. The Balaban J connectivity index is 1.85. The minimum absolute atomic E-state index is 0.000234. The van der Waals surface area contributed by atoms with E-state index in [1.165, 1.54) is 17.0 Å². The molecule has 36 heavy (non-hydrogen) atoms. The van der Waals surface area contributed by atoms with Crippen LogP contribution in [-0.2, 0) is 9.59 Å². The van der Waals surface area contributed by atoms with Crippen molar-refractivity contribution >= 4 is 23.1 Å². The second-order valence-electron chi connectivity index (χ2n) is 9.34. The average molecular weight is 486 g/mol. The second kappa shape index (κ2) is 10.3. The van der Waals surface area contributed by atoms with Crippen LogP contribution in [0, 0.1) is 6.92 Å². The van der Waals surface area contributed by atoms with Crippen molar-refractivity contribution in [3.63, 3.8) is 0 Å². The van der Waals surface area contributed by atoms with Gasteiger partial charge in [0.2, 0.25) is 0 Å². The molecule has 0 bridgehead atoms. The summed E-state index contributed by atoms with van der Waals surface area (Å²) in [7, 11) is 0. The number of aromatic hydroxyl groups is 1. The summed E-state index contributed by atoms with van der Waals surface area (Å²) in [4.78, 5) is 28.1. The molecule has 6 heteroatoms. The number of phenols is 1. The van der Waals surface area contributed by atoms with E-state index in [-0.39, 0.29) is 17.1 Å². The van der Waals surface area contributed by atoms with Crippen molar-refractivity contribution in [3.05, 3.63) is 94.6 Å². The van der Waals surface area contributed by atoms with Gasteiger partial charge in [0.1, 0.15) is 17.3 Å². The van der Waals surface area contributed by atoms with Crippen molar-refractivity contribution < 1.29 is 24.5 Å². The first-order valence-corrected chi connectivity index (χ1v) is 12.2. The first kappa shape index (κ1) is 25.0. The Morgan fingerprint density at radius 3 is 2.25 bits per heavy atom. The van der Waals surface area contributed by atoms with Gasteiger partial charge < -0.3 is 14.9 Å². The molecule has 1 unspecified atom stereocenters. The van der Waals surface area contributed by atoms with Gasteiger partial charge in [-0.1, -0.05) is 45.0 Å². The van der Waals surface area contributed by atoms with Crippen LogP contribution in [0.1, 0.15) is 61.4 Å². The number of carbonyl (C=O) groups is 2. The number of rotatable bonds is 7. The quantitative estimate of drug-likeness (QED) is 0.235. The lowest BCUT2D eigenvalue weighted by atomic mass is 9.94. The van der Waals surface area contributed by atoms with Gasteiger partial charge in [0.05, 0.1) is 18.2 Å². The monoisotopic (exact) mass is 485 g/mol. The number of carbonyl (C=O) groups excluding carboxylic acids is 2. The largest absolute Gasteiger partial charge is 0.508 e. The van der Waals surface area contributed by atoms with Crippen LogP contribution in [-0.4, -0.2) is 28.5 Å². The zero-order valence-corrected chi connectivity index (χ0v) is 21.0. The highest BCUT2D eigenvalue weighted by Gasteiger charge is 2.47. The van der Waals surface area contributed by atoms with E-state index < -0.39 is 17.7 Å². The van der Waals surface area contributed by atoms with Gasteiger partial charge in [-0.25, -0.2) is 0 Å². The van der Waals surface area contributed by atoms with E-state index in [4.69, 9.17) is 4.74 Å². The Labute approximate surface area is 211 Å². The van der Waals surface area contributed by atoms with Gasteiger partial charge in [0.15, 0.2) is 0 Å². The minimum Gasteiger partial charge on any atom is -0.508 e. The summed E-state index contributed by atoms with van der Waals surface area (Å²) < 4.78 is 5.74. The fourth-order valence-electron chi connectivity index (χ4n) is 4.42. The number of benzene rings is 3. The molecule has 1 aliphatic heterocycles. The number of ketones is 1. The summed E-state index contributed by atoms with van der Waals surface area (Å²) in [5, 5.41) is 21.2. The smallest absolute Gasteiger partial charge is 0.300 e. The average Bonchev–Trinajstić information content (AvgIpc) is 3.13. The van der Waals surface area contributed by atoms with Crippen molar-refractivity contribution in [1.29, 1.82) is 0 Å². The summed E-state index contributed by atoms with van der Waals surface area (Å²) in [6, 6.07) is 18.2. The molecular weight excluding hydrogens is 454 g/mol. The molecule has 2 N–H and O–H groups in total. The molecule has 1 amide bonds. The molecule has 4 rings (SSSR count). The number of ether oxygens (including phenoxy) is 1. The first-order chi connectivity index (χ1) is 17.2. The number of Topliss-reactive ketones (excluding diaryl/α,β-unsaturated/α-hetero) is 1. The van der Waals surface area contributed by atoms with E-state index in [9.17, 15) is 19.8 Å². The Morgan fingerprint density at radius 2 is 1.67 bits per heavy atom. The third-order valence-electron chi connectivity index (χ3n) is 6.40. The molecule has 3 aromatic carbocycles. The number of anilines is 1. The van der Waals surface area contributed by atoms with Crippen LogP contribution < -0.4 is 9.64 Å². The number of hydrogen-bond donors (Lipinski definition) is 2. The number of aryl methyl sites for hydroxylation is 1. The second-order valence-corrected chi connectivity index (χ2v) is 9.34. The normalized spacial score (nSPS) is 17.1. The van der Waals surface area contributed by atoms with E-state index in [0.29, 0.717) is 35.1 Å². The standard InChI is InChI=1S/C30H31NO5/c1-5-16-36-25-15-10-22(17-19(25)4)28(33)26-27(21-8-13-24(32)14-9-21)31(30(35)29(26)34)23-11-6-20(7-12-23)18(2)3/h6-15,17-18,27,32-33H,5,16H2,1-4H3/b28-26-. The molecule has 1 atom stereocenters. The molecule has 0 aromatic heterocycles. The maximum absolute atomic E-state index is 13.3. The summed E-state index contributed by atoms with van der Waals surface area (Å²) >= 11 is 0. The number of phenolic OH excluding ortho intramolecular Hbond substituents is 1. The summed E-state index contributed by atoms with van der Waals surface area (Å²) in [5.74, 6) is -0.647. The maximum atomic E-state index is 13.3. The van der Waals surface area contributed by atoms with Gasteiger partial charge in [-0.05, 0) is 78.4 Å². The fourth-order valence-corrected chi connectivity index (χ4v) is 4.42. The molecule has 0 spiro atoms. The predicted molar refractivity (Wildman–Crippen MR) is 140 cm³/mol. The number of hydrogen-bond acceptors (Lipinski definition) is 5. The Hall–Kier alpha value is -4.06. The SMILES string of the molecule is CCCOc1ccc(/C(O)=C2/C(=O)C(=O)N(c3ccc(C(C)C)cc3)C2c2ccc(O)cc2)cc1C. The van der Waals surface area contributed by atoms with Crippen molar-refractivity contribution in [2.45, 2.75) is 46.1 Å². The zero-order valence-electron chi connectivity index (χ0n) is 21.0. The van der Waals surface area contributed by atoms with E-state index >= 15 is 0 Å². The zero-order chi connectivity index (χ0) is 26.0. The van der Waals surface area contributed by atoms with Crippen LogP contribution in [0.2, 0.25) is 0 Å². The highest BCUT2D eigenvalue weighted by Crippen LogP contribution is 2.43. The molecule has 0 radical (unpaired) electrons. The fraction of sp³-hybridized carbons (Fsp3) is 0.267. The molecule has 1 saturated heterocycles. The molecule has 6 nitrogen and oxygen atoms in total. The van der Waals surface area contributed by atoms with E-state index in [1.54, 1.807) is 30.3 Å². The van der Waals surface area contributed by atoms with Crippen molar-refractivity contribution in [1.82, 2.24) is 0 Å².